The van der Waals surface area contributed by atoms with Gasteiger partial charge in [0.15, 0.2) is 0 Å². The molecule has 0 radical (unpaired) electrons. The molecule has 0 aliphatic rings. The zero-order chi connectivity index (χ0) is 9.23. The van der Waals surface area contributed by atoms with E-state index in [1.54, 1.807) is 0 Å². The predicted octanol–water partition coefficient (Wildman–Crippen LogP) is 2.38. The molecular formula is C7H22BrN3P+. The Morgan fingerprint density at radius 1 is 0.750 bits per heavy atom. The molecule has 0 aromatic heterocycles. The van der Waals surface area contributed by atoms with Crippen LogP contribution in [0.2, 0.25) is 0 Å². The normalized spacial score (nSPS) is 12.5. The highest BCUT2D eigenvalue weighted by Gasteiger charge is 2.45. The van der Waals surface area contributed by atoms with E-state index in [1.807, 2.05) is 0 Å². The second kappa shape index (κ2) is 5.51. The Labute approximate surface area is 85.9 Å². The molecule has 5 heteroatoms. The highest BCUT2D eigenvalue weighted by atomic mass is 79.9. The third-order valence-corrected chi connectivity index (χ3v) is 10.3. The average molecular weight is 259 g/mol. The van der Waals surface area contributed by atoms with Crippen molar-refractivity contribution in [3.05, 3.63) is 0 Å². The van der Waals surface area contributed by atoms with Crippen LogP contribution in [0.4, 0.5) is 0 Å². The second-order valence-electron chi connectivity index (χ2n) is 3.04. The van der Waals surface area contributed by atoms with Crippen LogP contribution < -0.4 is 0 Å². The van der Waals surface area contributed by atoms with Crippen LogP contribution in [0, 0.1) is 0 Å². The minimum absolute atomic E-state index is 0. The molecule has 0 aliphatic carbocycles. The van der Waals surface area contributed by atoms with Crippen LogP contribution in [0.15, 0.2) is 0 Å². The van der Waals surface area contributed by atoms with E-state index in [9.17, 15) is 0 Å². The summed E-state index contributed by atoms with van der Waals surface area (Å²) in [6.07, 6.45) is -1.37. The van der Waals surface area contributed by atoms with Crippen LogP contribution in [-0.2, 0) is 0 Å². The number of nitrogens with zero attached hydrogens (tertiary/aromatic N) is 3. The van der Waals surface area contributed by atoms with Crippen LogP contribution in [-0.4, -0.2) is 56.3 Å². The summed E-state index contributed by atoms with van der Waals surface area (Å²) in [5.74, 6) is 0. The van der Waals surface area contributed by atoms with Gasteiger partial charge in [-0.2, -0.15) is 0 Å². The summed E-state index contributed by atoms with van der Waals surface area (Å²) in [6.45, 7) is 0. The van der Waals surface area contributed by atoms with Crippen molar-refractivity contribution in [1.29, 1.82) is 0 Å². The van der Waals surface area contributed by atoms with Crippen molar-refractivity contribution in [2.75, 3.05) is 42.3 Å². The molecule has 0 bridgehead atoms. The minimum atomic E-state index is -1.37. The van der Waals surface area contributed by atoms with Crippen molar-refractivity contribution in [3.8, 4) is 0 Å². The van der Waals surface area contributed by atoms with Crippen LogP contribution in [0.25, 0.3) is 0 Å². The molecule has 0 aromatic rings. The summed E-state index contributed by atoms with van der Waals surface area (Å²) in [5, 5.41) is 0. The van der Waals surface area contributed by atoms with Gasteiger partial charge in [0, 0.05) is 42.3 Å². The maximum absolute atomic E-state index is 3.77. The topological polar surface area (TPSA) is 9.72 Å². The zero-order valence-corrected chi connectivity index (χ0v) is 10.6. The highest BCUT2D eigenvalue weighted by Crippen LogP contribution is 2.70. The van der Waals surface area contributed by atoms with E-state index in [4.69, 9.17) is 0 Å². The summed E-state index contributed by atoms with van der Waals surface area (Å²) in [6, 6.07) is 0. The molecule has 0 atom stereocenters. The smallest absolute Gasteiger partial charge is 0.145 e. The Morgan fingerprint density at radius 3 is 0.917 bits per heavy atom. The van der Waals surface area contributed by atoms with Gasteiger partial charge in [0.1, 0.15) is 0 Å². The molecule has 0 fully saturated rings. The van der Waals surface area contributed by atoms with Crippen molar-refractivity contribution < 1.29 is 0 Å². The zero-order valence-electron chi connectivity index (χ0n) is 8.17. The number of rotatable bonds is 3. The number of hydrogen-bond donors (Lipinski definition) is 0. The lowest BCUT2D eigenvalue weighted by atomic mass is 11.2. The van der Waals surface area contributed by atoms with Crippen molar-refractivity contribution in [2.24, 2.45) is 0 Å². The molecule has 76 valence electrons. The first kappa shape index (κ1) is 15.3. The van der Waals surface area contributed by atoms with Crippen LogP contribution >= 0.6 is 21.9 Å². The van der Waals surface area contributed by atoms with Crippen molar-refractivity contribution in [1.82, 2.24) is 14.0 Å². The standard InChI is InChI=1S/C6H18BrN3P.CH4/c1-8(2)11(7,9(3)4)10(5)6;/h1-6H3;1H4/q+1;. The molecule has 0 amide bonds. The molecule has 0 aliphatic heterocycles. The molecule has 0 heterocycles. The van der Waals surface area contributed by atoms with Gasteiger partial charge in [-0.05, 0) is 0 Å². The van der Waals surface area contributed by atoms with Gasteiger partial charge in [0.25, 0.3) is 6.42 Å². The first-order valence-corrected chi connectivity index (χ1v) is 7.12. The van der Waals surface area contributed by atoms with Gasteiger partial charge in [0.05, 0.1) is 0 Å². The van der Waals surface area contributed by atoms with Crippen LogP contribution in [0.5, 0.6) is 0 Å². The number of halogens is 1. The Kier molecular flexibility index (Phi) is 7.01. The molecule has 0 N–H and O–H groups in total. The maximum Gasteiger partial charge on any atom is 0.298 e. The second-order valence-corrected chi connectivity index (χ2v) is 9.28. The monoisotopic (exact) mass is 258 g/mol. The lowest BCUT2D eigenvalue weighted by Crippen LogP contribution is -2.31. The van der Waals surface area contributed by atoms with Gasteiger partial charge >= 0.3 is 0 Å². The Balaban J connectivity index is 0. The largest absolute Gasteiger partial charge is 0.298 e. The highest BCUT2D eigenvalue weighted by molar-refractivity contribution is 9.41. The molecule has 0 unspecified atom stereocenters. The summed E-state index contributed by atoms with van der Waals surface area (Å²) in [5.41, 5.74) is 0. The summed E-state index contributed by atoms with van der Waals surface area (Å²) < 4.78 is 6.65. The Morgan fingerprint density at radius 2 is 0.917 bits per heavy atom. The molecule has 12 heavy (non-hydrogen) atoms. The van der Waals surface area contributed by atoms with E-state index < -0.39 is 6.42 Å². The van der Waals surface area contributed by atoms with E-state index in [1.165, 1.54) is 0 Å². The van der Waals surface area contributed by atoms with Gasteiger partial charge in [-0.15, -0.1) is 14.0 Å². The summed E-state index contributed by atoms with van der Waals surface area (Å²) in [4.78, 5) is 0. The first-order valence-electron chi connectivity index (χ1n) is 3.45. The molecular weight excluding hydrogens is 237 g/mol. The third-order valence-electron chi connectivity index (χ3n) is 1.53. The van der Waals surface area contributed by atoms with E-state index in [0.29, 0.717) is 0 Å². The Hall–Kier alpha value is 0.790. The van der Waals surface area contributed by atoms with Gasteiger partial charge in [-0.1, -0.05) is 7.43 Å². The first-order chi connectivity index (χ1) is 4.83. The molecule has 0 spiro atoms. The van der Waals surface area contributed by atoms with E-state index in [2.05, 4.69) is 71.8 Å². The molecule has 0 saturated carbocycles. The van der Waals surface area contributed by atoms with Gasteiger partial charge in [-0.3, -0.25) is 0 Å². The Bertz CT molecular complexity index is 106. The fourth-order valence-corrected chi connectivity index (χ4v) is 3.22. The van der Waals surface area contributed by atoms with E-state index in [-0.39, 0.29) is 7.43 Å². The van der Waals surface area contributed by atoms with E-state index >= 15 is 0 Å². The SMILES string of the molecule is C.CN(C)[P+](Br)(N(C)C)N(C)C. The lowest BCUT2D eigenvalue weighted by molar-refractivity contribution is 0.484. The quantitative estimate of drug-likeness (QED) is 0.720. The summed E-state index contributed by atoms with van der Waals surface area (Å²) >= 11 is 3.77. The van der Waals surface area contributed by atoms with Crippen molar-refractivity contribution in [3.63, 3.8) is 0 Å². The van der Waals surface area contributed by atoms with Crippen LogP contribution in [0.3, 0.4) is 0 Å². The minimum Gasteiger partial charge on any atom is -0.145 e. The fraction of sp³-hybridized carbons (Fsp3) is 1.00. The predicted molar refractivity (Wildman–Crippen MR) is 63.6 cm³/mol. The molecule has 0 saturated heterocycles. The van der Waals surface area contributed by atoms with Crippen LogP contribution in [0.1, 0.15) is 7.43 Å². The molecule has 0 rings (SSSR count). The van der Waals surface area contributed by atoms with Gasteiger partial charge in [-0.25, -0.2) is 0 Å². The molecule has 3 nitrogen and oxygen atoms in total. The average Bonchev–Trinajstić information content (AvgIpc) is 1.84. The lowest BCUT2D eigenvalue weighted by Gasteiger charge is -2.33. The van der Waals surface area contributed by atoms with Crippen molar-refractivity contribution >= 4 is 21.9 Å². The third kappa shape index (κ3) is 2.93. The van der Waals surface area contributed by atoms with Gasteiger partial charge < -0.3 is 0 Å². The fourth-order valence-electron chi connectivity index (χ4n) is 1.07. The number of hydrogen-bond acceptors (Lipinski definition) is 3. The maximum atomic E-state index is 3.77. The van der Waals surface area contributed by atoms with E-state index in [0.717, 1.165) is 0 Å². The molecule has 0 aromatic carbocycles. The van der Waals surface area contributed by atoms with Gasteiger partial charge in [0.2, 0.25) is 15.5 Å². The summed E-state index contributed by atoms with van der Waals surface area (Å²) in [7, 11) is 12.5. The van der Waals surface area contributed by atoms with Crippen molar-refractivity contribution in [2.45, 2.75) is 7.43 Å².